The molecule has 1 aliphatic carbocycles. The van der Waals surface area contributed by atoms with E-state index in [1.165, 1.54) is 5.56 Å². The molecule has 1 aromatic carbocycles. The highest BCUT2D eigenvalue weighted by Gasteiger charge is 2.39. The van der Waals surface area contributed by atoms with E-state index in [1.807, 2.05) is 38.1 Å². The summed E-state index contributed by atoms with van der Waals surface area (Å²) in [6.45, 7) is 4.07. The summed E-state index contributed by atoms with van der Waals surface area (Å²) in [5.74, 6) is 0.757. The quantitative estimate of drug-likeness (QED) is 0.706. The molecule has 0 spiro atoms. The lowest BCUT2D eigenvalue weighted by Crippen LogP contribution is -2.15. The maximum Gasteiger partial charge on any atom is 0.139 e. The van der Waals surface area contributed by atoms with E-state index in [-0.39, 0.29) is 5.41 Å². The lowest BCUT2D eigenvalue weighted by Gasteiger charge is -2.15. The van der Waals surface area contributed by atoms with Crippen molar-refractivity contribution in [1.82, 2.24) is 0 Å². The zero-order valence-corrected chi connectivity index (χ0v) is 9.84. The molecule has 1 aliphatic rings. The van der Waals surface area contributed by atoms with Gasteiger partial charge in [0.2, 0.25) is 0 Å². The SMILES string of the molecule is CC1(C)C[C@H](c2ccc(Cl)cc2)CC1=O. The number of halogens is 1. The maximum atomic E-state index is 11.7. The molecule has 80 valence electrons. The van der Waals surface area contributed by atoms with Crippen molar-refractivity contribution in [3.05, 3.63) is 34.9 Å². The summed E-state index contributed by atoms with van der Waals surface area (Å²) >= 11 is 5.84. The minimum atomic E-state index is -0.149. The van der Waals surface area contributed by atoms with Gasteiger partial charge in [-0.2, -0.15) is 0 Å². The van der Waals surface area contributed by atoms with E-state index < -0.39 is 0 Å². The number of carbonyl (C=O) groups is 1. The van der Waals surface area contributed by atoms with Gasteiger partial charge in [-0.05, 0) is 30.0 Å². The van der Waals surface area contributed by atoms with Crippen LogP contribution in [0, 0.1) is 5.41 Å². The smallest absolute Gasteiger partial charge is 0.139 e. The fraction of sp³-hybridized carbons (Fsp3) is 0.462. The van der Waals surface area contributed by atoms with Gasteiger partial charge in [0, 0.05) is 16.9 Å². The highest BCUT2D eigenvalue weighted by Crippen LogP contribution is 2.43. The molecule has 1 saturated carbocycles. The van der Waals surface area contributed by atoms with Crippen LogP contribution in [0.4, 0.5) is 0 Å². The Hall–Kier alpha value is -0.820. The Morgan fingerprint density at radius 1 is 1.27 bits per heavy atom. The van der Waals surface area contributed by atoms with Gasteiger partial charge in [-0.3, -0.25) is 4.79 Å². The van der Waals surface area contributed by atoms with E-state index in [0.717, 1.165) is 11.4 Å². The number of Topliss-reactive ketones (excluding diaryl/α,β-unsaturated/α-hetero) is 1. The normalized spacial score (nSPS) is 24.5. The molecule has 0 saturated heterocycles. The zero-order chi connectivity index (χ0) is 11.1. The van der Waals surface area contributed by atoms with Crippen LogP contribution in [0.3, 0.4) is 0 Å². The van der Waals surface area contributed by atoms with E-state index in [4.69, 9.17) is 11.6 Å². The van der Waals surface area contributed by atoms with E-state index >= 15 is 0 Å². The van der Waals surface area contributed by atoms with Crippen LogP contribution < -0.4 is 0 Å². The number of carbonyl (C=O) groups excluding carboxylic acids is 1. The molecule has 0 unspecified atom stereocenters. The molecule has 0 amide bonds. The van der Waals surface area contributed by atoms with E-state index in [9.17, 15) is 4.79 Å². The van der Waals surface area contributed by atoms with Crippen molar-refractivity contribution in [1.29, 1.82) is 0 Å². The van der Waals surface area contributed by atoms with Crippen LogP contribution in [-0.2, 0) is 4.79 Å². The fourth-order valence-corrected chi connectivity index (χ4v) is 2.40. The third-order valence-electron chi connectivity index (χ3n) is 3.28. The Kier molecular flexibility index (Phi) is 2.59. The van der Waals surface area contributed by atoms with Crippen molar-refractivity contribution in [3.63, 3.8) is 0 Å². The Bertz CT molecular complexity index is 378. The van der Waals surface area contributed by atoms with Crippen LogP contribution in [-0.4, -0.2) is 5.78 Å². The Balaban J connectivity index is 2.21. The minimum absolute atomic E-state index is 0.149. The van der Waals surface area contributed by atoms with Gasteiger partial charge >= 0.3 is 0 Å². The van der Waals surface area contributed by atoms with Gasteiger partial charge in [-0.1, -0.05) is 37.6 Å². The molecule has 0 aliphatic heterocycles. The molecule has 0 heterocycles. The van der Waals surface area contributed by atoms with Gasteiger partial charge < -0.3 is 0 Å². The third-order valence-corrected chi connectivity index (χ3v) is 3.54. The summed E-state index contributed by atoms with van der Waals surface area (Å²) in [5, 5.41) is 0.752. The van der Waals surface area contributed by atoms with Crippen molar-refractivity contribution >= 4 is 17.4 Å². The van der Waals surface area contributed by atoms with Crippen LogP contribution in [0.25, 0.3) is 0 Å². The summed E-state index contributed by atoms with van der Waals surface area (Å²) < 4.78 is 0. The summed E-state index contributed by atoms with van der Waals surface area (Å²) in [6, 6.07) is 7.85. The maximum absolute atomic E-state index is 11.7. The zero-order valence-electron chi connectivity index (χ0n) is 9.09. The summed E-state index contributed by atoms with van der Waals surface area (Å²) in [7, 11) is 0. The first-order valence-electron chi connectivity index (χ1n) is 5.28. The highest BCUT2D eigenvalue weighted by molar-refractivity contribution is 6.30. The summed E-state index contributed by atoms with van der Waals surface area (Å²) in [6.07, 6.45) is 1.63. The molecule has 0 aromatic heterocycles. The first-order chi connectivity index (χ1) is 6.99. The fourth-order valence-electron chi connectivity index (χ4n) is 2.27. The second kappa shape index (κ2) is 3.64. The van der Waals surface area contributed by atoms with Gasteiger partial charge in [-0.15, -0.1) is 0 Å². The molecular formula is C13H15ClO. The van der Waals surface area contributed by atoms with Crippen LogP contribution in [0.15, 0.2) is 24.3 Å². The molecule has 1 atom stereocenters. The van der Waals surface area contributed by atoms with Crippen LogP contribution in [0.5, 0.6) is 0 Å². The standard InChI is InChI=1S/C13H15ClO/c1-13(2)8-10(7-12(13)15)9-3-5-11(14)6-4-9/h3-6,10H,7-8H2,1-2H3/t10-/m1/s1. The van der Waals surface area contributed by atoms with Crippen molar-refractivity contribution in [2.45, 2.75) is 32.6 Å². The van der Waals surface area contributed by atoms with Gasteiger partial charge in [0.1, 0.15) is 5.78 Å². The van der Waals surface area contributed by atoms with E-state index in [1.54, 1.807) is 0 Å². The Morgan fingerprint density at radius 2 is 1.87 bits per heavy atom. The third kappa shape index (κ3) is 2.07. The molecular weight excluding hydrogens is 208 g/mol. The van der Waals surface area contributed by atoms with Crippen molar-refractivity contribution in [3.8, 4) is 0 Å². The molecule has 15 heavy (non-hydrogen) atoms. The second-order valence-electron chi connectivity index (χ2n) is 4.96. The molecule has 1 nitrogen and oxygen atoms in total. The lowest BCUT2D eigenvalue weighted by atomic mass is 9.88. The van der Waals surface area contributed by atoms with Crippen molar-refractivity contribution in [2.75, 3.05) is 0 Å². The molecule has 1 fully saturated rings. The number of ketones is 1. The van der Waals surface area contributed by atoms with E-state index in [2.05, 4.69) is 0 Å². The summed E-state index contributed by atoms with van der Waals surface area (Å²) in [4.78, 5) is 11.7. The second-order valence-corrected chi connectivity index (χ2v) is 5.40. The molecule has 2 heteroatoms. The molecule has 0 radical (unpaired) electrons. The van der Waals surface area contributed by atoms with Crippen LogP contribution >= 0.6 is 11.6 Å². The van der Waals surface area contributed by atoms with Crippen molar-refractivity contribution < 1.29 is 4.79 Å². The van der Waals surface area contributed by atoms with Gasteiger partial charge in [-0.25, -0.2) is 0 Å². The lowest BCUT2D eigenvalue weighted by molar-refractivity contribution is -0.124. The topological polar surface area (TPSA) is 17.1 Å². The molecule has 1 aromatic rings. The van der Waals surface area contributed by atoms with Gasteiger partial charge in [0.15, 0.2) is 0 Å². The first-order valence-corrected chi connectivity index (χ1v) is 5.65. The van der Waals surface area contributed by atoms with Crippen LogP contribution in [0.2, 0.25) is 5.02 Å². The average Bonchev–Trinajstić information content (AvgIpc) is 2.42. The minimum Gasteiger partial charge on any atom is -0.299 e. The average molecular weight is 223 g/mol. The number of rotatable bonds is 1. The van der Waals surface area contributed by atoms with Gasteiger partial charge in [0.25, 0.3) is 0 Å². The molecule has 2 rings (SSSR count). The van der Waals surface area contributed by atoms with Crippen molar-refractivity contribution in [2.24, 2.45) is 5.41 Å². The van der Waals surface area contributed by atoms with Crippen LogP contribution in [0.1, 0.15) is 38.2 Å². The largest absolute Gasteiger partial charge is 0.299 e. The number of hydrogen-bond donors (Lipinski definition) is 0. The summed E-state index contributed by atoms with van der Waals surface area (Å²) in [5.41, 5.74) is 1.09. The van der Waals surface area contributed by atoms with E-state index in [0.29, 0.717) is 18.1 Å². The monoisotopic (exact) mass is 222 g/mol. The predicted octanol–water partition coefficient (Wildman–Crippen LogP) is 3.81. The Labute approximate surface area is 95.4 Å². The van der Waals surface area contributed by atoms with Gasteiger partial charge in [0.05, 0.1) is 0 Å². The predicted molar refractivity (Wildman–Crippen MR) is 62.2 cm³/mol. The number of hydrogen-bond acceptors (Lipinski definition) is 1. The highest BCUT2D eigenvalue weighted by atomic mass is 35.5. The molecule has 0 bridgehead atoms. The molecule has 0 N–H and O–H groups in total. The first kappa shape index (κ1) is 10.7. The Morgan fingerprint density at radius 3 is 2.33 bits per heavy atom. The number of benzene rings is 1.